The molecule has 0 saturated heterocycles. The Kier molecular flexibility index (Phi) is 2.74. The molecule has 1 aromatic heterocycles. The van der Waals surface area contributed by atoms with Gasteiger partial charge in [0.2, 0.25) is 0 Å². The van der Waals surface area contributed by atoms with E-state index < -0.39 is 0 Å². The first-order valence-electron chi connectivity index (χ1n) is 6.61. The number of fused-ring (bicyclic) bond motifs is 1. The van der Waals surface area contributed by atoms with E-state index in [0.29, 0.717) is 5.69 Å². The van der Waals surface area contributed by atoms with Gasteiger partial charge in [-0.15, -0.1) is 15.0 Å². The number of aromatic hydroxyl groups is 1. The van der Waals surface area contributed by atoms with Crippen molar-refractivity contribution in [1.82, 2.24) is 15.0 Å². The second kappa shape index (κ2) is 4.34. The van der Waals surface area contributed by atoms with Gasteiger partial charge >= 0.3 is 0 Å². The molecule has 0 fully saturated rings. The van der Waals surface area contributed by atoms with Gasteiger partial charge in [-0.2, -0.15) is 0 Å². The summed E-state index contributed by atoms with van der Waals surface area (Å²) in [4.78, 5) is 1.48. The van der Waals surface area contributed by atoms with Crippen LogP contribution >= 0.6 is 0 Å². The number of hydrogen-bond acceptors (Lipinski definition) is 3. The molecule has 0 aliphatic carbocycles. The van der Waals surface area contributed by atoms with Gasteiger partial charge in [0.25, 0.3) is 0 Å². The van der Waals surface area contributed by atoms with E-state index in [1.165, 1.54) is 4.80 Å². The topological polar surface area (TPSA) is 50.9 Å². The van der Waals surface area contributed by atoms with E-state index in [2.05, 4.69) is 31.0 Å². The Morgan fingerprint density at radius 3 is 2.05 bits per heavy atom. The van der Waals surface area contributed by atoms with Gasteiger partial charge in [-0.3, -0.25) is 0 Å². The van der Waals surface area contributed by atoms with Gasteiger partial charge in [-0.1, -0.05) is 39.0 Å². The number of phenols is 1. The monoisotopic (exact) mass is 267 g/mol. The Labute approximate surface area is 117 Å². The molecule has 0 radical (unpaired) electrons. The van der Waals surface area contributed by atoms with Gasteiger partial charge in [-0.05, 0) is 35.2 Å². The molecule has 20 heavy (non-hydrogen) atoms. The normalized spacial score (nSPS) is 11.9. The van der Waals surface area contributed by atoms with Crippen molar-refractivity contribution < 1.29 is 5.11 Å². The van der Waals surface area contributed by atoms with Gasteiger partial charge < -0.3 is 5.11 Å². The molecule has 3 aromatic rings. The van der Waals surface area contributed by atoms with Crippen LogP contribution in [0.5, 0.6) is 5.75 Å². The fraction of sp³-hybridized carbons (Fsp3) is 0.250. The lowest BCUT2D eigenvalue weighted by Gasteiger charge is -2.19. The van der Waals surface area contributed by atoms with E-state index in [-0.39, 0.29) is 11.2 Å². The highest BCUT2D eigenvalue weighted by Gasteiger charge is 2.16. The van der Waals surface area contributed by atoms with Gasteiger partial charge in [-0.25, -0.2) is 0 Å². The van der Waals surface area contributed by atoms with Crippen molar-refractivity contribution in [3.8, 4) is 11.4 Å². The molecule has 2 aromatic carbocycles. The standard InChI is InChI=1S/C16H17N3O/c1-16(2,3)11-8-9-14(15(20)10-11)19-17-12-6-4-5-7-13(12)18-19/h4-10,20H,1-3H3. The number of aromatic nitrogens is 3. The minimum Gasteiger partial charge on any atom is -0.506 e. The molecule has 102 valence electrons. The average Bonchev–Trinajstić information content (AvgIpc) is 2.80. The summed E-state index contributed by atoms with van der Waals surface area (Å²) in [5, 5.41) is 19.0. The Morgan fingerprint density at radius 2 is 1.55 bits per heavy atom. The molecule has 4 nitrogen and oxygen atoms in total. The van der Waals surface area contributed by atoms with E-state index in [4.69, 9.17) is 0 Å². The maximum atomic E-state index is 10.2. The highest BCUT2D eigenvalue weighted by Crippen LogP contribution is 2.29. The van der Waals surface area contributed by atoms with E-state index in [1.807, 2.05) is 36.4 Å². The molecule has 0 unspecified atom stereocenters. The summed E-state index contributed by atoms with van der Waals surface area (Å²) in [5.41, 5.74) is 3.29. The van der Waals surface area contributed by atoms with Crippen LogP contribution in [0.3, 0.4) is 0 Å². The molecular weight excluding hydrogens is 250 g/mol. The largest absolute Gasteiger partial charge is 0.506 e. The molecule has 1 N–H and O–H groups in total. The van der Waals surface area contributed by atoms with Gasteiger partial charge in [0, 0.05) is 0 Å². The van der Waals surface area contributed by atoms with Crippen LogP contribution in [-0.2, 0) is 5.41 Å². The predicted molar refractivity (Wildman–Crippen MR) is 79.2 cm³/mol. The second-order valence-corrected chi connectivity index (χ2v) is 5.93. The first-order valence-corrected chi connectivity index (χ1v) is 6.61. The highest BCUT2D eigenvalue weighted by atomic mass is 16.3. The maximum Gasteiger partial charge on any atom is 0.143 e. The highest BCUT2D eigenvalue weighted by molar-refractivity contribution is 5.73. The van der Waals surface area contributed by atoms with Crippen molar-refractivity contribution in [1.29, 1.82) is 0 Å². The Balaban J connectivity index is 2.10. The lowest BCUT2D eigenvalue weighted by molar-refractivity contribution is 0.463. The lowest BCUT2D eigenvalue weighted by atomic mass is 9.87. The molecule has 0 aliphatic rings. The molecule has 0 spiro atoms. The van der Waals surface area contributed by atoms with Crippen LogP contribution in [0.2, 0.25) is 0 Å². The summed E-state index contributed by atoms with van der Waals surface area (Å²) in [7, 11) is 0. The van der Waals surface area contributed by atoms with E-state index in [9.17, 15) is 5.11 Å². The minimum absolute atomic E-state index is 0.00172. The van der Waals surface area contributed by atoms with Crippen molar-refractivity contribution in [2.75, 3.05) is 0 Å². The van der Waals surface area contributed by atoms with Crippen LogP contribution in [-0.4, -0.2) is 20.1 Å². The molecule has 3 rings (SSSR count). The van der Waals surface area contributed by atoms with Crippen LogP contribution in [0, 0.1) is 0 Å². The van der Waals surface area contributed by atoms with Crippen molar-refractivity contribution in [2.24, 2.45) is 0 Å². The van der Waals surface area contributed by atoms with Crippen LogP contribution in [0.25, 0.3) is 16.7 Å². The number of rotatable bonds is 1. The SMILES string of the molecule is CC(C)(C)c1ccc(-n2nc3ccccc3n2)c(O)c1. The lowest BCUT2D eigenvalue weighted by Crippen LogP contribution is -2.11. The van der Waals surface area contributed by atoms with E-state index in [1.54, 1.807) is 6.07 Å². The third-order valence-corrected chi connectivity index (χ3v) is 3.34. The summed E-state index contributed by atoms with van der Waals surface area (Å²) in [6.07, 6.45) is 0. The van der Waals surface area contributed by atoms with Crippen molar-refractivity contribution in [3.05, 3.63) is 48.0 Å². The molecule has 0 atom stereocenters. The third kappa shape index (κ3) is 2.13. The minimum atomic E-state index is -0.00172. The van der Waals surface area contributed by atoms with Crippen LogP contribution in [0.4, 0.5) is 0 Å². The predicted octanol–water partition coefficient (Wildman–Crippen LogP) is 3.42. The Morgan fingerprint density at radius 1 is 0.950 bits per heavy atom. The zero-order valence-electron chi connectivity index (χ0n) is 11.8. The zero-order chi connectivity index (χ0) is 14.3. The maximum absolute atomic E-state index is 10.2. The smallest absolute Gasteiger partial charge is 0.143 e. The van der Waals surface area contributed by atoms with E-state index >= 15 is 0 Å². The fourth-order valence-electron chi connectivity index (χ4n) is 2.13. The first kappa shape index (κ1) is 12.7. The quantitative estimate of drug-likeness (QED) is 0.735. The summed E-state index contributed by atoms with van der Waals surface area (Å²) < 4.78 is 0. The summed E-state index contributed by atoms with van der Waals surface area (Å²) in [5.74, 6) is 0.192. The molecule has 1 heterocycles. The molecule has 0 bridgehead atoms. The van der Waals surface area contributed by atoms with Crippen molar-refractivity contribution in [3.63, 3.8) is 0 Å². The molecule has 0 amide bonds. The Bertz CT molecular complexity index is 736. The second-order valence-electron chi connectivity index (χ2n) is 5.93. The first-order chi connectivity index (χ1) is 9.45. The third-order valence-electron chi connectivity index (χ3n) is 3.34. The molecule has 0 saturated carbocycles. The van der Waals surface area contributed by atoms with Gasteiger partial charge in [0.05, 0.1) is 0 Å². The molecular formula is C16H17N3O. The van der Waals surface area contributed by atoms with Crippen LogP contribution < -0.4 is 0 Å². The summed E-state index contributed by atoms with van der Waals surface area (Å²) in [6, 6.07) is 13.3. The van der Waals surface area contributed by atoms with Crippen LogP contribution in [0.15, 0.2) is 42.5 Å². The van der Waals surface area contributed by atoms with Gasteiger partial charge in [0.1, 0.15) is 22.5 Å². The average molecular weight is 267 g/mol. The Hall–Kier alpha value is -2.36. The van der Waals surface area contributed by atoms with Crippen LogP contribution in [0.1, 0.15) is 26.3 Å². The fourth-order valence-corrected chi connectivity index (χ4v) is 2.13. The zero-order valence-corrected chi connectivity index (χ0v) is 11.8. The number of benzene rings is 2. The summed E-state index contributed by atoms with van der Waals surface area (Å²) >= 11 is 0. The molecule has 0 aliphatic heterocycles. The summed E-state index contributed by atoms with van der Waals surface area (Å²) in [6.45, 7) is 6.34. The number of phenolic OH excluding ortho intramolecular Hbond substituents is 1. The van der Waals surface area contributed by atoms with E-state index in [0.717, 1.165) is 16.6 Å². The van der Waals surface area contributed by atoms with Crippen molar-refractivity contribution >= 4 is 11.0 Å². The number of hydrogen-bond donors (Lipinski definition) is 1. The molecule has 4 heteroatoms. The van der Waals surface area contributed by atoms with Gasteiger partial charge in [0.15, 0.2) is 0 Å². The number of nitrogens with zero attached hydrogens (tertiary/aromatic N) is 3. The van der Waals surface area contributed by atoms with Crippen molar-refractivity contribution in [2.45, 2.75) is 26.2 Å².